The minimum absolute atomic E-state index is 0.0377. The van der Waals surface area contributed by atoms with Crippen molar-refractivity contribution in [3.8, 4) is 0 Å². The summed E-state index contributed by atoms with van der Waals surface area (Å²) < 4.78 is 0. The fourth-order valence-electron chi connectivity index (χ4n) is 1.48. The standard InChI is InChI=1S/C10H18N2O3/c1-11(2)4-5-12(3)9(13)7-6-8(7)10(14)15/h7-8H,4-6H2,1-3H3,(H,14,15). The van der Waals surface area contributed by atoms with Gasteiger partial charge in [0.25, 0.3) is 0 Å². The topological polar surface area (TPSA) is 60.9 Å². The van der Waals surface area contributed by atoms with E-state index in [0.717, 1.165) is 6.54 Å². The van der Waals surface area contributed by atoms with E-state index in [9.17, 15) is 9.59 Å². The number of carboxylic acid groups (broad SMARTS) is 1. The fourth-order valence-corrected chi connectivity index (χ4v) is 1.48. The van der Waals surface area contributed by atoms with E-state index in [1.165, 1.54) is 0 Å². The van der Waals surface area contributed by atoms with Gasteiger partial charge in [0, 0.05) is 20.1 Å². The van der Waals surface area contributed by atoms with Crippen LogP contribution in [0.15, 0.2) is 0 Å². The number of hydrogen-bond donors (Lipinski definition) is 1. The molecule has 2 unspecified atom stereocenters. The molecule has 0 aromatic carbocycles. The van der Waals surface area contributed by atoms with E-state index in [1.807, 2.05) is 19.0 Å². The number of nitrogens with zero attached hydrogens (tertiary/aromatic N) is 2. The molecular formula is C10H18N2O3. The smallest absolute Gasteiger partial charge is 0.307 e. The van der Waals surface area contributed by atoms with Gasteiger partial charge in [-0.2, -0.15) is 0 Å². The Balaban J connectivity index is 2.32. The highest BCUT2D eigenvalue weighted by molar-refractivity contribution is 5.89. The van der Waals surface area contributed by atoms with Crippen molar-refractivity contribution in [2.45, 2.75) is 6.42 Å². The van der Waals surface area contributed by atoms with Crippen molar-refractivity contribution in [1.29, 1.82) is 0 Å². The number of carboxylic acids is 1. The summed E-state index contributed by atoms with van der Waals surface area (Å²) in [6.45, 7) is 1.45. The number of hydrogen-bond acceptors (Lipinski definition) is 3. The Morgan fingerprint density at radius 2 is 1.80 bits per heavy atom. The number of carbonyl (C=O) groups is 2. The number of rotatable bonds is 5. The van der Waals surface area contributed by atoms with Crippen molar-refractivity contribution in [1.82, 2.24) is 9.80 Å². The zero-order valence-corrected chi connectivity index (χ0v) is 9.43. The second-order valence-corrected chi connectivity index (χ2v) is 4.35. The molecule has 0 spiro atoms. The largest absolute Gasteiger partial charge is 0.481 e. The minimum Gasteiger partial charge on any atom is -0.481 e. The SMILES string of the molecule is CN(C)CCN(C)C(=O)C1CC1C(=O)O. The molecule has 0 radical (unpaired) electrons. The molecule has 1 saturated carbocycles. The molecule has 1 aliphatic rings. The highest BCUT2D eigenvalue weighted by Gasteiger charge is 2.49. The third kappa shape index (κ3) is 3.20. The maximum atomic E-state index is 11.7. The molecule has 0 aliphatic heterocycles. The first kappa shape index (κ1) is 12.0. The molecule has 0 heterocycles. The molecule has 15 heavy (non-hydrogen) atoms. The summed E-state index contributed by atoms with van der Waals surface area (Å²) in [7, 11) is 5.61. The van der Waals surface area contributed by atoms with Gasteiger partial charge in [-0.15, -0.1) is 0 Å². The number of likely N-dealkylation sites (N-methyl/N-ethyl adjacent to an activating group) is 2. The summed E-state index contributed by atoms with van der Waals surface area (Å²) >= 11 is 0. The van der Waals surface area contributed by atoms with Crippen LogP contribution in [0.2, 0.25) is 0 Å². The van der Waals surface area contributed by atoms with Crippen LogP contribution >= 0.6 is 0 Å². The van der Waals surface area contributed by atoms with Crippen LogP contribution in [-0.4, -0.2) is 61.0 Å². The summed E-state index contributed by atoms with van der Waals surface area (Å²) in [6.07, 6.45) is 0.500. The molecule has 0 saturated heterocycles. The van der Waals surface area contributed by atoms with Crippen LogP contribution in [-0.2, 0) is 9.59 Å². The Morgan fingerprint density at radius 1 is 1.20 bits per heavy atom. The normalized spacial score (nSPS) is 24.0. The molecule has 5 heteroatoms. The van der Waals surface area contributed by atoms with Gasteiger partial charge in [-0.05, 0) is 20.5 Å². The fraction of sp³-hybridized carbons (Fsp3) is 0.800. The van der Waals surface area contributed by atoms with Gasteiger partial charge in [0.15, 0.2) is 0 Å². The van der Waals surface area contributed by atoms with Gasteiger partial charge in [0.2, 0.25) is 5.91 Å². The van der Waals surface area contributed by atoms with Crippen LogP contribution in [0, 0.1) is 11.8 Å². The molecule has 1 amide bonds. The lowest BCUT2D eigenvalue weighted by Crippen LogP contribution is -2.35. The second-order valence-electron chi connectivity index (χ2n) is 4.35. The Hall–Kier alpha value is -1.10. The molecule has 5 nitrogen and oxygen atoms in total. The minimum atomic E-state index is -0.852. The first-order valence-corrected chi connectivity index (χ1v) is 5.06. The first-order chi connectivity index (χ1) is 6.93. The molecule has 0 aromatic heterocycles. The summed E-state index contributed by atoms with van der Waals surface area (Å²) in [5.74, 6) is -1.62. The molecule has 2 atom stereocenters. The molecule has 86 valence electrons. The zero-order valence-electron chi connectivity index (χ0n) is 9.43. The molecule has 1 aliphatic carbocycles. The summed E-state index contributed by atoms with van der Waals surface area (Å²) in [4.78, 5) is 25.9. The monoisotopic (exact) mass is 214 g/mol. The van der Waals surface area contributed by atoms with E-state index in [4.69, 9.17) is 5.11 Å². The van der Waals surface area contributed by atoms with Crippen molar-refractivity contribution in [2.24, 2.45) is 11.8 Å². The Bertz CT molecular complexity index is 265. The zero-order chi connectivity index (χ0) is 11.6. The van der Waals surface area contributed by atoms with Crippen LogP contribution in [0.25, 0.3) is 0 Å². The van der Waals surface area contributed by atoms with Crippen molar-refractivity contribution >= 4 is 11.9 Å². The number of carbonyl (C=O) groups excluding carboxylic acids is 1. The highest BCUT2D eigenvalue weighted by atomic mass is 16.4. The number of aliphatic carboxylic acids is 1. The molecule has 0 aromatic rings. The van der Waals surface area contributed by atoms with Crippen LogP contribution in [0.5, 0.6) is 0 Å². The van der Waals surface area contributed by atoms with Crippen molar-refractivity contribution in [3.63, 3.8) is 0 Å². The van der Waals surface area contributed by atoms with E-state index in [0.29, 0.717) is 13.0 Å². The third-order valence-corrected chi connectivity index (χ3v) is 2.68. The molecule has 1 N–H and O–H groups in total. The van der Waals surface area contributed by atoms with Gasteiger partial charge in [-0.25, -0.2) is 0 Å². The molecule has 0 bridgehead atoms. The van der Waals surface area contributed by atoms with Gasteiger partial charge in [0.1, 0.15) is 0 Å². The van der Waals surface area contributed by atoms with Crippen LogP contribution in [0.1, 0.15) is 6.42 Å². The Morgan fingerprint density at radius 3 is 2.20 bits per heavy atom. The maximum Gasteiger partial charge on any atom is 0.307 e. The quantitative estimate of drug-likeness (QED) is 0.684. The lowest BCUT2D eigenvalue weighted by molar-refractivity contribution is -0.141. The van der Waals surface area contributed by atoms with Gasteiger partial charge in [-0.3, -0.25) is 9.59 Å². The van der Waals surface area contributed by atoms with E-state index in [1.54, 1.807) is 11.9 Å². The average Bonchev–Trinajstić information content (AvgIpc) is 2.92. The Kier molecular flexibility index (Phi) is 3.68. The van der Waals surface area contributed by atoms with E-state index >= 15 is 0 Å². The summed E-state index contributed by atoms with van der Waals surface area (Å²) in [6, 6.07) is 0. The molecule has 1 rings (SSSR count). The van der Waals surface area contributed by atoms with Gasteiger partial charge in [0.05, 0.1) is 11.8 Å². The predicted octanol–water partition coefficient (Wildman–Crippen LogP) is -0.273. The lowest BCUT2D eigenvalue weighted by atomic mass is 10.3. The van der Waals surface area contributed by atoms with E-state index in [-0.39, 0.29) is 11.8 Å². The van der Waals surface area contributed by atoms with Crippen LogP contribution in [0.4, 0.5) is 0 Å². The van der Waals surface area contributed by atoms with Crippen LogP contribution in [0.3, 0.4) is 0 Å². The predicted molar refractivity (Wildman–Crippen MR) is 55.4 cm³/mol. The van der Waals surface area contributed by atoms with Crippen molar-refractivity contribution in [3.05, 3.63) is 0 Å². The third-order valence-electron chi connectivity index (χ3n) is 2.68. The van der Waals surface area contributed by atoms with Crippen LogP contribution < -0.4 is 0 Å². The molecular weight excluding hydrogens is 196 g/mol. The van der Waals surface area contributed by atoms with Crippen molar-refractivity contribution < 1.29 is 14.7 Å². The first-order valence-electron chi connectivity index (χ1n) is 5.06. The van der Waals surface area contributed by atoms with Crippen molar-refractivity contribution in [2.75, 3.05) is 34.2 Å². The summed E-state index contributed by atoms with van der Waals surface area (Å²) in [5, 5.41) is 8.69. The van der Waals surface area contributed by atoms with Gasteiger partial charge in [-0.1, -0.05) is 0 Å². The highest BCUT2D eigenvalue weighted by Crippen LogP contribution is 2.39. The van der Waals surface area contributed by atoms with Gasteiger partial charge < -0.3 is 14.9 Å². The average molecular weight is 214 g/mol. The lowest BCUT2D eigenvalue weighted by Gasteiger charge is -2.19. The summed E-state index contributed by atoms with van der Waals surface area (Å²) in [5.41, 5.74) is 0. The van der Waals surface area contributed by atoms with E-state index < -0.39 is 11.9 Å². The Labute approximate surface area is 89.7 Å². The second kappa shape index (κ2) is 4.61. The maximum absolute atomic E-state index is 11.7. The van der Waals surface area contributed by atoms with Gasteiger partial charge >= 0.3 is 5.97 Å². The number of amides is 1. The molecule has 1 fully saturated rings. The van der Waals surface area contributed by atoms with E-state index in [2.05, 4.69) is 0 Å².